The van der Waals surface area contributed by atoms with Gasteiger partial charge in [-0.2, -0.15) is 0 Å². The van der Waals surface area contributed by atoms with Crippen LogP contribution in [0.3, 0.4) is 0 Å². The standard InChI is InChI=1S/C11H14N4O3/c12-13-10-4-3-9(15(17)18)6-8(10)7-14-5-1-2-11(14)16/h3-4,6,13H,1-2,5,7,12H2. The summed E-state index contributed by atoms with van der Waals surface area (Å²) < 4.78 is 0. The zero-order valence-electron chi connectivity index (χ0n) is 9.76. The maximum absolute atomic E-state index is 11.5. The van der Waals surface area contributed by atoms with E-state index in [1.54, 1.807) is 11.0 Å². The second kappa shape index (κ2) is 5.01. The Hall–Kier alpha value is -2.15. The van der Waals surface area contributed by atoms with E-state index in [0.29, 0.717) is 30.8 Å². The van der Waals surface area contributed by atoms with Crippen molar-refractivity contribution in [2.45, 2.75) is 19.4 Å². The molecular weight excluding hydrogens is 236 g/mol. The topological polar surface area (TPSA) is 102 Å². The molecule has 7 heteroatoms. The molecular formula is C11H14N4O3. The van der Waals surface area contributed by atoms with Gasteiger partial charge in [-0.1, -0.05) is 0 Å². The number of carbonyl (C=O) groups excluding carboxylic acids is 1. The van der Waals surface area contributed by atoms with Crippen LogP contribution in [0.5, 0.6) is 0 Å². The van der Waals surface area contributed by atoms with Gasteiger partial charge in [0.25, 0.3) is 5.69 Å². The van der Waals surface area contributed by atoms with Gasteiger partial charge in [-0.15, -0.1) is 0 Å². The number of anilines is 1. The average Bonchev–Trinajstić information content (AvgIpc) is 2.75. The summed E-state index contributed by atoms with van der Waals surface area (Å²) in [4.78, 5) is 23.5. The quantitative estimate of drug-likeness (QED) is 0.471. The first kappa shape index (κ1) is 12.3. The average molecular weight is 250 g/mol. The summed E-state index contributed by atoms with van der Waals surface area (Å²) in [5.74, 6) is 5.44. The number of benzene rings is 1. The summed E-state index contributed by atoms with van der Waals surface area (Å²) >= 11 is 0. The van der Waals surface area contributed by atoms with E-state index in [1.807, 2.05) is 0 Å². The predicted molar refractivity (Wildman–Crippen MR) is 65.6 cm³/mol. The summed E-state index contributed by atoms with van der Waals surface area (Å²) in [5.41, 5.74) is 3.74. The van der Waals surface area contributed by atoms with Crippen LogP contribution in [0.25, 0.3) is 0 Å². The summed E-state index contributed by atoms with van der Waals surface area (Å²) in [6.07, 6.45) is 1.37. The Labute approximate surface area is 104 Å². The molecule has 7 nitrogen and oxygen atoms in total. The van der Waals surface area contributed by atoms with Gasteiger partial charge in [-0.05, 0) is 12.5 Å². The first-order valence-corrected chi connectivity index (χ1v) is 5.63. The van der Waals surface area contributed by atoms with Crippen molar-refractivity contribution in [2.24, 2.45) is 5.84 Å². The Morgan fingerprint density at radius 3 is 2.83 bits per heavy atom. The third kappa shape index (κ3) is 2.40. The zero-order valence-corrected chi connectivity index (χ0v) is 9.76. The Balaban J connectivity index is 2.26. The molecule has 0 spiro atoms. The summed E-state index contributed by atoms with van der Waals surface area (Å²) in [6, 6.07) is 4.37. The number of hydrazine groups is 1. The lowest BCUT2D eigenvalue weighted by Crippen LogP contribution is -2.25. The summed E-state index contributed by atoms with van der Waals surface area (Å²) in [7, 11) is 0. The second-order valence-electron chi connectivity index (χ2n) is 4.16. The molecule has 1 aromatic carbocycles. The molecule has 0 unspecified atom stereocenters. The molecule has 3 N–H and O–H groups in total. The number of nitrogens with zero attached hydrogens (tertiary/aromatic N) is 2. The van der Waals surface area contributed by atoms with Gasteiger partial charge in [0.05, 0.1) is 10.6 Å². The summed E-state index contributed by atoms with van der Waals surface area (Å²) in [6.45, 7) is 1.03. The van der Waals surface area contributed by atoms with Gasteiger partial charge in [0.15, 0.2) is 0 Å². The Bertz CT molecular complexity index is 489. The van der Waals surface area contributed by atoms with E-state index in [2.05, 4.69) is 5.43 Å². The largest absolute Gasteiger partial charge is 0.338 e. The van der Waals surface area contributed by atoms with Crippen LogP contribution in [0.2, 0.25) is 0 Å². The highest BCUT2D eigenvalue weighted by Gasteiger charge is 2.22. The number of nitrogen functional groups attached to an aromatic ring is 1. The van der Waals surface area contributed by atoms with Crippen molar-refractivity contribution in [3.63, 3.8) is 0 Å². The highest BCUT2D eigenvalue weighted by Crippen LogP contribution is 2.24. The van der Waals surface area contributed by atoms with Crippen LogP contribution >= 0.6 is 0 Å². The normalized spacial score (nSPS) is 14.9. The Morgan fingerprint density at radius 2 is 2.28 bits per heavy atom. The molecule has 0 saturated carbocycles. The molecule has 1 fully saturated rings. The molecule has 0 radical (unpaired) electrons. The van der Waals surface area contributed by atoms with Crippen molar-refractivity contribution in [1.29, 1.82) is 0 Å². The van der Waals surface area contributed by atoms with Crippen molar-refractivity contribution < 1.29 is 9.72 Å². The molecule has 1 heterocycles. The number of nitrogens with one attached hydrogen (secondary N) is 1. The molecule has 0 aromatic heterocycles. The van der Waals surface area contributed by atoms with E-state index in [-0.39, 0.29) is 11.6 Å². The molecule has 0 atom stereocenters. The van der Waals surface area contributed by atoms with Gasteiger partial charge in [0.1, 0.15) is 0 Å². The van der Waals surface area contributed by atoms with Gasteiger partial charge < -0.3 is 10.3 Å². The van der Waals surface area contributed by atoms with Crippen LogP contribution < -0.4 is 11.3 Å². The van der Waals surface area contributed by atoms with Gasteiger partial charge in [-0.3, -0.25) is 20.8 Å². The van der Waals surface area contributed by atoms with Gasteiger partial charge in [0, 0.05) is 37.2 Å². The lowest BCUT2D eigenvalue weighted by atomic mass is 10.1. The van der Waals surface area contributed by atoms with E-state index in [0.717, 1.165) is 6.42 Å². The molecule has 1 aliphatic heterocycles. The molecule has 1 aliphatic rings. The summed E-state index contributed by atoms with van der Waals surface area (Å²) in [5, 5.41) is 10.7. The minimum atomic E-state index is -0.463. The van der Waals surface area contributed by atoms with Crippen molar-refractivity contribution in [3.05, 3.63) is 33.9 Å². The number of likely N-dealkylation sites (tertiary alicyclic amines) is 1. The van der Waals surface area contributed by atoms with Crippen molar-refractivity contribution in [3.8, 4) is 0 Å². The first-order valence-electron chi connectivity index (χ1n) is 5.63. The van der Waals surface area contributed by atoms with Crippen LogP contribution in [0.15, 0.2) is 18.2 Å². The van der Waals surface area contributed by atoms with Crippen LogP contribution in [0, 0.1) is 10.1 Å². The van der Waals surface area contributed by atoms with Crippen molar-refractivity contribution in [2.75, 3.05) is 12.0 Å². The van der Waals surface area contributed by atoms with E-state index in [9.17, 15) is 14.9 Å². The number of nitro groups is 1. The fourth-order valence-electron chi connectivity index (χ4n) is 2.04. The van der Waals surface area contributed by atoms with E-state index in [4.69, 9.17) is 5.84 Å². The number of carbonyl (C=O) groups is 1. The predicted octanol–water partition coefficient (Wildman–Crippen LogP) is 1.00. The zero-order chi connectivity index (χ0) is 13.1. The highest BCUT2D eigenvalue weighted by molar-refractivity contribution is 5.78. The monoisotopic (exact) mass is 250 g/mol. The van der Waals surface area contributed by atoms with Crippen molar-refractivity contribution in [1.82, 2.24) is 4.90 Å². The van der Waals surface area contributed by atoms with Crippen LogP contribution in [0.4, 0.5) is 11.4 Å². The number of nitro benzene ring substituents is 1. The first-order chi connectivity index (χ1) is 8.61. The smallest absolute Gasteiger partial charge is 0.269 e. The number of rotatable bonds is 4. The molecule has 0 aliphatic carbocycles. The Kier molecular flexibility index (Phi) is 3.42. The maximum atomic E-state index is 11.5. The van der Waals surface area contributed by atoms with Gasteiger partial charge >= 0.3 is 0 Å². The number of non-ortho nitro benzene ring substituents is 1. The van der Waals surface area contributed by atoms with Gasteiger partial charge in [-0.25, -0.2) is 0 Å². The lowest BCUT2D eigenvalue weighted by molar-refractivity contribution is -0.384. The van der Waals surface area contributed by atoms with Crippen molar-refractivity contribution >= 4 is 17.3 Å². The second-order valence-corrected chi connectivity index (χ2v) is 4.16. The fraction of sp³-hybridized carbons (Fsp3) is 0.364. The third-order valence-electron chi connectivity index (χ3n) is 2.99. The van der Waals surface area contributed by atoms with E-state index >= 15 is 0 Å². The Morgan fingerprint density at radius 1 is 1.50 bits per heavy atom. The van der Waals surface area contributed by atoms with Crippen LogP contribution in [-0.4, -0.2) is 22.3 Å². The number of hydrogen-bond acceptors (Lipinski definition) is 5. The minimum absolute atomic E-state index is 0.00403. The van der Waals surface area contributed by atoms with E-state index < -0.39 is 4.92 Å². The molecule has 1 amide bonds. The lowest BCUT2D eigenvalue weighted by Gasteiger charge is -2.17. The number of nitrogens with two attached hydrogens (primary N) is 1. The SMILES string of the molecule is NNc1ccc([N+](=O)[O-])cc1CN1CCCC1=O. The fourth-order valence-corrected chi connectivity index (χ4v) is 2.04. The maximum Gasteiger partial charge on any atom is 0.269 e. The third-order valence-corrected chi connectivity index (χ3v) is 2.99. The minimum Gasteiger partial charge on any atom is -0.338 e. The van der Waals surface area contributed by atoms with Gasteiger partial charge in [0.2, 0.25) is 5.91 Å². The highest BCUT2D eigenvalue weighted by atomic mass is 16.6. The molecule has 18 heavy (non-hydrogen) atoms. The van der Waals surface area contributed by atoms with Crippen LogP contribution in [-0.2, 0) is 11.3 Å². The van der Waals surface area contributed by atoms with Crippen LogP contribution in [0.1, 0.15) is 18.4 Å². The number of amides is 1. The molecule has 1 aromatic rings. The molecule has 1 saturated heterocycles. The number of hydrogen-bond donors (Lipinski definition) is 2. The molecule has 0 bridgehead atoms. The molecule has 96 valence electrons. The van der Waals surface area contributed by atoms with E-state index in [1.165, 1.54) is 12.1 Å². The molecule has 2 rings (SSSR count).